The lowest BCUT2D eigenvalue weighted by Gasteiger charge is -2.20. The van der Waals surface area contributed by atoms with Crippen LogP contribution in [-0.2, 0) is 6.42 Å². The smallest absolute Gasteiger partial charge is 0.0422 e. The van der Waals surface area contributed by atoms with Gasteiger partial charge in [-0.25, -0.2) is 0 Å². The van der Waals surface area contributed by atoms with Crippen LogP contribution in [0.25, 0.3) is 0 Å². The Kier molecular flexibility index (Phi) is 4.33. The average molecular weight is 254 g/mol. The van der Waals surface area contributed by atoms with E-state index in [0.29, 0.717) is 6.04 Å². The van der Waals surface area contributed by atoms with E-state index in [0.717, 1.165) is 12.1 Å². The van der Waals surface area contributed by atoms with Crippen LogP contribution >= 0.6 is 0 Å². The Labute approximate surface area is 115 Å². The Bertz CT molecular complexity index is 547. The fourth-order valence-electron chi connectivity index (χ4n) is 2.45. The van der Waals surface area contributed by atoms with E-state index in [-0.39, 0.29) is 0 Å². The highest BCUT2D eigenvalue weighted by atomic mass is 14.9. The van der Waals surface area contributed by atoms with E-state index >= 15 is 0 Å². The third-order valence-electron chi connectivity index (χ3n) is 3.75. The molecule has 0 radical (unpaired) electrons. The molecule has 1 heterocycles. The molecule has 0 aliphatic carbocycles. The van der Waals surface area contributed by atoms with Gasteiger partial charge in [-0.05, 0) is 62.2 Å². The van der Waals surface area contributed by atoms with Crippen molar-refractivity contribution in [2.24, 2.45) is 0 Å². The molecule has 0 fully saturated rings. The third kappa shape index (κ3) is 3.21. The highest BCUT2D eigenvalue weighted by molar-refractivity contribution is 5.38. The highest BCUT2D eigenvalue weighted by Gasteiger charge is 2.14. The van der Waals surface area contributed by atoms with Crippen molar-refractivity contribution in [3.63, 3.8) is 0 Å². The van der Waals surface area contributed by atoms with Gasteiger partial charge in [0.25, 0.3) is 0 Å². The van der Waals surface area contributed by atoms with E-state index in [9.17, 15) is 0 Å². The zero-order valence-corrected chi connectivity index (χ0v) is 12.2. The first-order valence-corrected chi connectivity index (χ1v) is 6.76. The number of hydrogen-bond acceptors (Lipinski definition) is 2. The molecular formula is C17H22N2. The first kappa shape index (κ1) is 13.8. The van der Waals surface area contributed by atoms with Crippen LogP contribution < -0.4 is 5.32 Å². The number of pyridine rings is 1. The monoisotopic (exact) mass is 254 g/mol. The SMILES string of the molecule is CNC(Cc1ccccn1)c1cc(C)c(C)cc1C. The Morgan fingerprint density at radius 2 is 1.79 bits per heavy atom. The number of hydrogen-bond donors (Lipinski definition) is 1. The molecule has 0 aliphatic heterocycles. The molecule has 2 nitrogen and oxygen atoms in total. The van der Waals surface area contributed by atoms with Gasteiger partial charge >= 0.3 is 0 Å². The normalized spacial score (nSPS) is 12.4. The van der Waals surface area contributed by atoms with Gasteiger partial charge in [0.1, 0.15) is 0 Å². The van der Waals surface area contributed by atoms with Crippen LogP contribution in [0.2, 0.25) is 0 Å². The molecule has 0 amide bonds. The van der Waals surface area contributed by atoms with Gasteiger partial charge < -0.3 is 5.32 Å². The first-order valence-electron chi connectivity index (χ1n) is 6.76. The number of benzene rings is 1. The van der Waals surface area contributed by atoms with Gasteiger partial charge in [-0.2, -0.15) is 0 Å². The Morgan fingerprint density at radius 3 is 2.42 bits per heavy atom. The lowest BCUT2D eigenvalue weighted by atomic mass is 9.93. The molecule has 2 rings (SSSR count). The molecule has 1 atom stereocenters. The summed E-state index contributed by atoms with van der Waals surface area (Å²) in [4.78, 5) is 4.42. The van der Waals surface area contributed by atoms with Crippen molar-refractivity contribution in [3.05, 3.63) is 64.5 Å². The summed E-state index contributed by atoms with van der Waals surface area (Å²) < 4.78 is 0. The predicted octanol–water partition coefficient (Wildman–Crippen LogP) is 3.51. The molecule has 0 aliphatic rings. The van der Waals surface area contributed by atoms with Crippen molar-refractivity contribution in [1.29, 1.82) is 0 Å². The number of nitrogens with zero attached hydrogens (tertiary/aromatic N) is 1. The van der Waals surface area contributed by atoms with Crippen molar-refractivity contribution in [2.45, 2.75) is 33.2 Å². The zero-order chi connectivity index (χ0) is 13.8. The average Bonchev–Trinajstić information content (AvgIpc) is 2.42. The molecule has 2 aromatic rings. The zero-order valence-electron chi connectivity index (χ0n) is 12.2. The highest BCUT2D eigenvalue weighted by Crippen LogP contribution is 2.24. The molecule has 1 N–H and O–H groups in total. The summed E-state index contributed by atoms with van der Waals surface area (Å²) in [5.41, 5.74) is 6.55. The summed E-state index contributed by atoms with van der Waals surface area (Å²) in [7, 11) is 2.02. The van der Waals surface area contributed by atoms with E-state index in [1.54, 1.807) is 0 Å². The molecule has 2 heteroatoms. The summed E-state index contributed by atoms with van der Waals surface area (Å²) >= 11 is 0. The van der Waals surface area contributed by atoms with Crippen molar-refractivity contribution < 1.29 is 0 Å². The maximum absolute atomic E-state index is 4.42. The minimum absolute atomic E-state index is 0.314. The lowest BCUT2D eigenvalue weighted by molar-refractivity contribution is 0.581. The molecule has 0 saturated carbocycles. The van der Waals surface area contributed by atoms with E-state index in [1.165, 1.54) is 22.3 Å². The van der Waals surface area contributed by atoms with Crippen LogP contribution in [0.1, 0.15) is 34.0 Å². The quantitative estimate of drug-likeness (QED) is 0.903. The summed E-state index contributed by atoms with van der Waals surface area (Å²) in [6.45, 7) is 6.52. The Hall–Kier alpha value is -1.67. The van der Waals surface area contributed by atoms with Gasteiger partial charge in [-0.1, -0.05) is 18.2 Å². The van der Waals surface area contributed by atoms with Crippen molar-refractivity contribution in [1.82, 2.24) is 10.3 Å². The van der Waals surface area contributed by atoms with Gasteiger partial charge in [0.05, 0.1) is 0 Å². The summed E-state index contributed by atoms with van der Waals surface area (Å²) in [6.07, 6.45) is 2.77. The second kappa shape index (κ2) is 5.98. The number of likely N-dealkylation sites (N-methyl/N-ethyl adjacent to an activating group) is 1. The second-order valence-corrected chi connectivity index (χ2v) is 5.16. The Balaban J connectivity index is 2.30. The van der Waals surface area contributed by atoms with E-state index in [4.69, 9.17) is 0 Å². The summed E-state index contributed by atoms with van der Waals surface area (Å²) in [5.74, 6) is 0. The van der Waals surface area contributed by atoms with Crippen molar-refractivity contribution in [2.75, 3.05) is 7.05 Å². The van der Waals surface area contributed by atoms with Crippen LogP contribution in [0.3, 0.4) is 0 Å². The van der Waals surface area contributed by atoms with E-state index in [2.05, 4.69) is 49.3 Å². The van der Waals surface area contributed by atoms with Gasteiger partial charge in [-0.3, -0.25) is 4.98 Å². The maximum atomic E-state index is 4.42. The molecule has 1 aromatic carbocycles. The second-order valence-electron chi connectivity index (χ2n) is 5.16. The van der Waals surface area contributed by atoms with Crippen LogP contribution in [0, 0.1) is 20.8 Å². The number of aryl methyl sites for hydroxylation is 3. The molecule has 1 aromatic heterocycles. The summed E-state index contributed by atoms with van der Waals surface area (Å²) in [5, 5.41) is 3.41. The van der Waals surface area contributed by atoms with E-state index in [1.807, 2.05) is 25.4 Å². The number of rotatable bonds is 4. The number of aromatic nitrogens is 1. The van der Waals surface area contributed by atoms with Crippen LogP contribution in [0.5, 0.6) is 0 Å². The molecule has 1 unspecified atom stereocenters. The number of nitrogens with one attached hydrogen (secondary N) is 1. The van der Waals surface area contributed by atoms with Crippen molar-refractivity contribution >= 4 is 0 Å². The molecular weight excluding hydrogens is 232 g/mol. The predicted molar refractivity (Wildman–Crippen MR) is 80.4 cm³/mol. The van der Waals surface area contributed by atoms with Crippen LogP contribution in [0.4, 0.5) is 0 Å². The molecule has 0 spiro atoms. The van der Waals surface area contributed by atoms with Gasteiger partial charge in [0.2, 0.25) is 0 Å². The fraction of sp³-hybridized carbons (Fsp3) is 0.353. The standard InChI is InChI=1S/C17H22N2/c1-12-9-14(3)16(10-13(12)2)17(18-4)11-15-7-5-6-8-19-15/h5-10,17-18H,11H2,1-4H3. The Morgan fingerprint density at radius 1 is 1.05 bits per heavy atom. The van der Waals surface area contributed by atoms with Gasteiger partial charge in [-0.15, -0.1) is 0 Å². The summed E-state index contributed by atoms with van der Waals surface area (Å²) in [6, 6.07) is 11.0. The third-order valence-corrected chi connectivity index (χ3v) is 3.75. The molecule has 100 valence electrons. The topological polar surface area (TPSA) is 24.9 Å². The minimum atomic E-state index is 0.314. The maximum Gasteiger partial charge on any atom is 0.0422 e. The largest absolute Gasteiger partial charge is 0.313 e. The van der Waals surface area contributed by atoms with E-state index < -0.39 is 0 Å². The van der Waals surface area contributed by atoms with Crippen LogP contribution in [0.15, 0.2) is 36.5 Å². The molecule has 19 heavy (non-hydrogen) atoms. The van der Waals surface area contributed by atoms with Gasteiger partial charge in [0.15, 0.2) is 0 Å². The van der Waals surface area contributed by atoms with Crippen molar-refractivity contribution in [3.8, 4) is 0 Å². The lowest BCUT2D eigenvalue weighted by Crippen LogP contribution is -2.20. The van der Waals surface area contributed by atoms with Crippen LogP contribution in [-0.4, -0.2) is 12.0 Å². The fourth-order valence-corrected chi connectivity index (χ4v) is 2.45. The first-order chi connectivity index (χ1) is 9.11. The minimum Gasteiger partial charge on any atom is -0.313 e. The molecule has 0 bridgehead atoms. The molecule has 0 saturated heterocycles. The van der Waals surface area contributed by atoms with Gasteiger partial charge in [0, 0.05) is 24.4 Å².